The van der Waals surface area contributed by atoms with Crippen molar-refractivity contribution in [3.05, 3.63) is 141 Å². The van der Waals surface area contributed by atoms with Crippen LogP contribution in [-0.2, 0) is 14.3 Å². The molecule has 0 saturated heterocycles. The molecule has 0 aliphatic carbocycles. The minimum atomic E-state index is -5.73. The Bertz CT molecular complexity index is 2060. The average molecular weight is 633 g/mol. The molecule has 0 fully saturated rings. The van der Waals surface area contributed by atoms with E-state index in [1.54, 1.807) is 30.3 Å². The van der Waals surface area contributed by atoms with Crippen molar-refractivity contribution in [1.82, 2.24) is 4.98 Å². The smallest absolute Gasteiger partial charge is 0.355 e. The Balaban J connectivity index is 0.000000186. The number of fused-ring (bicyclic) bond motifs is 2. The van der Waals surface area contributed by atoms with Gasteiger partial charge in [0.05, 0.1) is 0 Å². The number of hydrogen-bond acceptors (Lipinski definition) is 5. The minimum Gasteiger partial charge on any atom is -0.355 e. The fourth-order valence-corrected chi connectivity index (χ4v) is 5.96. The van der Waals surface area contributed by atoms with Gasteiger partial charge in [-0.25, -0.2) is 4.18 Å². The highest BCUT2D eigenvalue weighted by Crippen LogP contribution is 2.36. The number of halogens is 3. The molecule has 6 nitrogen and oxygen atoms in total. The Morgan fingerprint density at radius 1 is 0.711 bits per heavy atom. The molecule has 4 aromatic carbocycles. The standard InChI is InChI=1S/C18H16F3NO3S.C17H15NO/c1-11-7-12(2)9-13(8-11)15-10-17(25-26(23,24)18(19,20)21)22-16-6-4-3-5-14(15)16;1-11-7-12(2)9-13(8-11)15-10-17(19)18-16-6-4-3-5-14(15)16/h3-10,17,22H,1-2H3;3-10H,1-2H3,(H,18,19). The van der Waals surface area contributed by atoms with Crippen LogP contribution >= 0.6 is 0 Å². The maximum absolute atomic E-state index is 12.6. The van der Waals surface area contributed by atoms with Crippen molar-refractivity contribution in [2.75, 3.05) is 5.32 Å². The number of benzene rings is 4. The van der Waals surface area contributed by atoms with Gasteiger partial charge in [-0.2, -0.15) is 21.6 Å². The fraction of sp³-hybridized carbons (Fsp3) is 0.171. The van der Waals surface area contributed by atoms with E-state index < -0.39 is 21.9 Å². The van der Waals surface area contributed by atoms with Crippen molar-refractivity contribution in [3.8, 4) is 11.1 Å². The van der Waals surface area contributed by atoms with Gasteiger partial charge in [0.25, 0.3) is 0 Å². The number of hydrogen-bond donors (Lipinski definition) is 2. The summed E-state index contributed by atoms with van der Waals surface area (Å²) in [7, 11) is -5.73. The van der Waals surface area contributed by atoms with E-state index in [9.17, 15) is 26.4 Å². The number of aromatic nitrogens is 1. The average Bonchev–Trinajstić information content (AvgIpc) is 2.95. The maximum Gasteiger partial charge on any atom is 0.523 e. The molecule has 1 atom stereocenters. The lowest BCUT2D eigenvalue weighted by molar-refractivity contribution is -0.0553. The summed E-state index contributed by atoms with van der Waals surface area (Å²) in [6.07, 6.45) is -0.118. The molecular weight excluding hydrogens is 601 g/mol. The van der Waals surface area contributed by atoms with Crippen molar-refractivity contribution in [2.45, 2.75) is 39.4 Å². The summed E-state index contributed by atoms with van der Waals surface area (Å²) >= 11 is 0. The number of para-hydroxylation sites is 2. The Morgan fingerprint density at radius 3 is 1.89 bits per heavy atom. The highest BCUT2D eigenvalue weighted by molar-refractivity contribution is 7.87. The molecule has 0 amide bonds. The van der Waals surface area contributed by atoms with Crippen LogP contribution < -0.4 is 10.9 Å². The fourth-order valence-electron chi connectivity index (χ4n) is 5.48. The van der Waals surface area contributed by atoms with Crippen LogP contribution in [0.3, 0.4) is 0 Å². The van der Waals surface area contributed by atoms with E-state index >= 15 is 0 Å². The highest BCUT2D eigenvalue weighted by atomic mass is 32.2. The van der Waals surface area contributed by atoms with Crippen LogP contribution in [0.15, 0.2) is 102 Å². The number of anilines is 1. The number of nitrogens with one attached hydrogen (secondary N) is 2. The Labute approximate surface area is 259 Å². The predicted octanol–water partition coefficient (Wildman–Crippen LogP) is 8.16. The first-order valence-corrected chi connectivity index (χ1v) is 15.5. The molecule has 5 aromatic rings. The lowest BCUT2D eigenvalue weighted by Gasteiger charge is -2.26. The molecule has 6 rings (SSSR count). The Hall–Kier alpha value is -4.67. The molecule has 232 valence electrons. The molecular formula is C35H31F3N2O4S. The van der Waals surface area contributed by atoms with Crippen molar-refractivity contribution in [1.29, 1.82) is 0 Å². The van der Waals surface area contributed by atoms with E-state index in [4.69, 9.17) is 0 Å². The second kappa shape index (κ2) is 12.4. The van der Waals surface area contributed by atoms with Crippen molar-refractivity contribution < 1.29 is 25.8 Å². The third-order valence-electron chi connectivity index (χ3n) is 7.16. The minimum absolute atomic E-state index is 0.0622. The van der Waals surface area contributed by atoms with E-state index in [0.29, 0.717) is 11.3 Å². The van der Waals surface area contributed by atoms with Crippen molar-refractivity contribution in [3.63, 3.8) is 0 Å². The predicted molar refractivity (Wildman–Crippen MR) is 172 cm³/mol. The number of rotatable bonds is 4. The van der Waals surface area contributed by atoms with Crippen LogP contribution in [0.4, 0.5) is 18.9 Å². The van der Waals surface area contributed by atoms with Gasteiger partial charge in [-0.1, -0.05) is 95.1 Å². The van der Waals surface area contributed by atoms with Crippen molar-refractivity contribution >= 4 is 32.3 Å². The largest absolute Gasteiger partial charge is 0.523 e. The van der Waals surface area contributed by atoms with Gasteiger partial charge in [0, 0.05) is 28.2 Å². The zero-order valence-electron chi connectivity index (χ0n) is 25.0. The molecule has 1 aliphatic heterocycles. The molecule has 0 spiro atoms. The Kier molecular flexibility index (Phi) is 8.73. The normalized spacial score (nSPS) is 14.6. The first-order chi connectivity index (χ1) is 21.2. The maximum atomic E-state index is 12.6. The molecule has 0 bridgehead atoms. The quantitative estimate of drug-likeness (QED) is 0.154. The van der Waals surface area contributed by atoms with Gasteiger partial charge in [0.2, 0.25) is 5.56 Å². The second-order valence-electron chi connectivity index (χ2n) is 11.0. The summed E-state index contributed by atoms with van der Waals surface area (Å²) in [6, 6.07) is 28.7. The van der Waals surface area contributed by atoms with Crippen LogP contribution in [0.5, 0.6) is 0 Å². The molecule has 1 aromatic heterocycles. The first-order valence-electron chi connectivity index (χ1n) is 14.1. The molecule has 45 heavy (non-hydrogen) atoms. The molecule has 0 saturated carbocycles. The van der Waals surface area contributed by atoms with Crippen molar-refractivity contribution in [2.24, 2.45) is 0 Å². The third-order valence-corrected chi connectivity index (χ3v) is 8.19. The van der Waals surface area contributed by atoms with E-state index in [0.717, 1.165) is 44.3 Å². The molecule has 0 radical (unpaired) electrons. The number of H-pyrrole nitrogens is 1. The van der Waals surface area contributed by atoms with Crippen LogP contribution in [0.2, 0.25) is 0 Å². The zero-order valence-corrected chi connectivity index (χ0v) is 25.8. The summed E-state index contributed by atoms with van der Waals surface area (Å²) in [5.41, 5.74) is 4.42. The van der Waals surface area contributed by atoms with E-state index in [1.807, 2.05) is 56.3 Å². The van der Waals surface area contributed by atoms with E-state index in [-0.39, 0.29) is 5.56 Å². The summed E-state index contributed by atoms with van der Waals surface area (Å²) in [5, 5.41) is 3.75. The van der Waals surface area contributed by atoms with Crippen LogP contribution in [0.25, 0.3) is 27.6 Å². The molecule has 2 heterocycles. The van der Waals surface area contributed by atoms with Gasteiger partial charge in [-0.3, -0.25) is 4.79 Å². The lowest BCUT2D eigenvalue weighted by Crippen LogP contribution is -2.34. The monoisotopic (exact) mass is 632 g/mol. The van der Waals surface area contributed by atoms with Gasteiger partial charge >= 0.3 is 15.6 Å². The number of alkyl halides is 3. The number of aromatic amines is 1. The van der Waals surface area contributed by atoms with Crippen LogP contribution in [-0.4, -0.2) is 25.1 Å². The van der Waals surface area contributed by atoms with Gasteiger partial charge in [0.1, 0.15) is 0 Å². The molecule has 1 aliphatic rings. The SMILES string of the molecule is Cc1cc(C)cc(-c2cc(=O)[nH]c3ccccc23)c1.Cc1cc(C)cc(C2=CC(OS(=O)(=O)C(F)(F)F)Nc3ccccc32)c1. The zero-order chi connectivity index (χ0) is 32.5. The third kappa shape index (κ3) is 7.19. The van der Waals surface area contributed by atoms with Gasteiger partial charge < -0.3 is 10.3 Å². The summed E-state index contributed by atoms with van der Waals surface area (Å²) in [4.78, 5) is 14.7. The number of pyridine rings is 1. The highest BCUT2D eigenvalue weighted by Gasteiger charge is 2.48. The molecule has 1 unspecified atom stereocenters. The molecule has 2 N–H and O–H groups in total. The van der Waals surface area contributed by atoms with Gasteiger partial charge in [0.15, 0.2) is 6.23 Å². The summed E-state index contributed by atoms with van der Waals surface area (Å²) < 4.78 is 65.1. The summed E-state index contributed by atoms with van der Waals surface area (Å²) in [6.45, 7) is 7.97. The Morgan fingerprint density at radius 2 is 1.27 bits per heavy atom. The topological polar surface area (TPSA) is 88.3 Å². The molecule has 10 heteroatoms. The van der Waals surface area contributed by atoms with E-state index in [1.165, 1.54) is 17.2 Å². The van der Waals surface area contributed by atoms with Gasteiger partial charge in [-0.15, -0.1) is 0 Å². The summed E-state index contributed by atoms with van der Waals surface area (Å²) in [5.74, 6) is 0. The lowest BCUT2D eigenvalue weighted by atomic mass is 9.91. The first kappa shape index (κ1) is 31.7. The second-order valence-corrected chi connectivity index (χ2v) is 12.6. The van der Waals surface area contributed by atoms with E-state index in [2.05, 4.69) is 46.5 Å². The van der Waals surface area contributed by atoms with Crippen LogP contribution in [0, 0.1) is 27.7 Å². The number of aryl methyl sites for hydroxylation is 4. The van der Waals surface area contributed by atoms with Crippen LogP contribution in [0.1, 0.15) is 33.4 Å². The van der Waals surface area contributed by atoms with Gasteiger partial charge in [-0.05, 0) is 68.2 Å².